The number of carbonyl (C=O) groups is 2. The van der Waals surface area contributed by atoms with E-state index in [4.69, 9.17) is 5.11 Å². The highest BCUT2D eigenvalue weighted by Crippen LogP contribution is 2.19. The van der Waals surface area contributed by atoms with E-state index in [1.54, 1.807) is 13.0 Å². The number of hydrogen-bond donors (Lipinski definition) is 2. The lowest BCUT2D eigenvalue weighted by Crippen LogP contribution is -2.14. The number of aromatic nitrogens is 1. The molecular weight excluding hydrogens is 263 g/mol. The minimum atomic E-state index is -1.08. The second-order valence-electron chi connectivity index (χ2n) is 4.10. The molecule has 0 saturated carbocycles. The molecule has 6 heteroatoms. The molecule has 0 saturated heterocycles. The van der Waals surface area contributed by atoms with Gasteiger partial charge in [-0.3, -0.25) is 4.79 Å². The zero-order valence-corrected chi connectivity index (χ0v) is 10.6. The normalized spacial score (nSPS) is 10.1. The van der Waals surface area contributed by atoms with Crippen LogP contribution in [-0.2, 0) is 0 Å². The summed E-state index contributed by atoms with van der Waals surface area (Å²) < 4.78 is 12.9. The molecule has 0 aliphatic carbocycles. The van der Waals surface area contributed by atoms with Crippen LogP contribution in [-0.4, -0.2) is 22.0 Å². The van der Waals surface area contributed by atoms with Crippen LogP contribution in [0, 0.1) is 12.9 Å². The molecule has 2 rings (SSSR count). The topological polar surface area (TPSA) is 79.3 Å². The zero-order chi connectivity index (χ0) is 14.7. The van der Waals surface area contributed by atoms with Gasteiger partial charge in [-0.15, -0.1) is 0 Å². The van der Waals surface area contributed by atoms with Gasteiger partial charge in [-0.05, 0) is 30.7 Å². The number of nitrogens with one attached hydrogen (secondary N) is 1. The Morgan fingerprint density at radius 2 is 2.05 bits per heavy atom. The number of aromatic carboxylic acids is 1. The van der Waals surface area contributed by atoms with E-state index in [0.29, 0.717) is 11.3 Å². The van der Waals surface area contributed by atoms with Gasteiger partial charge in [0, 0.05) is 23.5 Å². The number of amides is 1. The van der Waals surface area contributed by atoms with E-state index < -0.39 is 17.8 Å². The monoisotopic (exact) mass is 274 g/mol. The van der Waals surface area contributed by atoms with Crippen molar-refractivity contribution >= 4 is 17.6 Å². The maximum atomic E-state index is 12.9. The van der Waals surface area contributed by atoms with Gasteiger partial charge in [0.2, 0.25) is 5.95 Å². The number of nitrogens with zero attached hydrogens (tertiary/aromatic N) is 1. The predicted octanol–water partition coefficient (Wildman–Crippen LogP) is 2.48. The second kappa shape index (κ2) is 5.48. The third-order valence-electron chi connectivity index (χ3n) is 2.80. The van der Waals surface area contributed by atoms with Gasteiger partial charge in [0.05, 0.1) is 5.56 Å². The van der Waals surface area contributed by atoms with Crippen LogP contribution in [0.5, 0.6) is 0 Å². The summed E-state index contributed by atoms with van der Waals surface area (Å²) in [4.78, 5) is 26.3. The third kappa shape index (κ3) is 2.80. The van der Waals surface area contributed by atoms with Gasteiger partial charge in [-0.25, -0.2) is 9.78 Å². The van der Waals surface area contributed by atoms with Gasteiger partial charge in [0.1, 0.15) is 0 Å². The molecular formula is C14H11FN2O3. The average molecular weight is 274 g/mol. The Labute approximate surface area is 114 Å². The Morgan fingerprint density at radius 3 is 2.70 bits per heavy atom. The van der Waals surface area contributed by atoms with Crippen molar-refractivity contribution in [2.45, 2.75) is 6.92 Å². The first-order chi connectivity index (χ1) is 9.49. The van der Waals surface area contributed by atoms with E-state index in [1.807, 2.05) is 0 Å². The molecule has 5 nitrogen and oxygen atoms in total. The predicted molar refractivity (Wildman–Crippen MR) is 70.3 cm³/mol. The largest absolute Gasteiger partial charge is 0.478 e. The Bertz CT molecular complexity index is 686. The fourth-order valence-electron chi connectivity index (χ4n) is 1.74. The van der Waals surface area contributed by atoms with Crippen LogP contribution in [0.2, 0.25) is 0 Å². The van der Waals surface area contributed by atoms with Crippen LogP contribution in [0.25, 0.3) is 0 Å². The van der Waals surface area contributed by atoms with Crippen molar-refractivity contribution < 1.29 is 19.1 Å². The summed E-state index contributed by atoms with van der Waals surface area (Å²) in [5, 5.41) is 11.6. The minimum absolute atomic E-state index is 0.101. The summed E-state index contributed by atoms with van der Waals surface area (Å²) in [7, 11) is 0. The number of carboxylic acids is 1. The van der Waals surface area contributed by atoms with Crippen molar-refractivity contribution in [1.82, 2.24) is 4.98 Å². The highest BCUT2D eigenvalue weighted by Gasteiger charge is 2.13. The van der Waals surface area contributed by atoms with Gasteiger partial charge in [0.15, 0.2) is 0 Å². The van der Waals surface area contributed by atoms with E-state index in [9.17, 15) is 14.0 Å². The molecule has 20 heavy (non-hydrogen) atoms. The minimum Gasteiger partial charge on any atom is -0.478 e. The van der Waals surface area contributed by atoms with Gasteiger partial charge in [0.25, 0.3) is 5.91 Å². The molecule has 102 valence electrons. The van der Waals surface area contributed by atoms with Crippen molar-refractivity contribution in [1.29, 1.82) is 0 Å². The summed E-state index contributed by atoms with van der Waals surface area (Å²) >= 11 is 0. The molecule has 0 aliphatic rings. The Balaban J connectivity index is 2.29. The highest BCUT2D eigenvalue weighted by molar-refractivity contribution is 6.05. The van der Waals surface area contributed by atoms with Crippen LogP contribution in [0.15, 0.2) is 36.5 Å². The molecule has 0 fully saturated rings. The van der Waals surface area contributed by atoms with Crippen LogP contribution in [0.4, 0.5) is 10.1 Å². The number of hydrogen-bond acceptors (Lipinski definition) is 3. The Kier molecular flexibility index (Phi) is 3.74. The van der Waals surface area contributed by atoms with E-state index in [0.717, 1.165) is 6.07 Å². The lowest BCUT2D eigenvalue weighted by molar-refractivity contribution is 0.0695. The third-order valence-corrected chi connectivity index (χ3v) is 2.80. The number of pyridine rings is 1. The Hall–Kier alpha value is -2.76. The van der Waals surface area contributed by atoms with Crippen LogP contribution < -0.4 is 5.32 Å². The second-order valence-corrected chi connectivity index (χ2v) is 4.10. The molecule has 1 aromatic carbocycles. The zero-order valence-electron chi connectivity index (χ0n) is 10.6. The number of carboxylic acid groups (broad SMARTS) is 1. The molecule has 1 aromatic heterocycles. The fraction of sp³-hybridized carbons (Fsp3) is 0.0714. The fourth-order valence-corrected chi connectivity index (χ4v) is 1.74. The number of anilines is 1. The van der Waals surface area contributed by atoms with Crippen LogP contribution in [0.3, 0.4) is 0 Å². The summed E-state index contributed by atoms with van der Waals surface area (Å²) in [5.74, 6) is -2.36. The van der Waals surface area contributed by atoms with Gasteiger partial charge in [-0.1, -0.05) is 6.07 Å². The van der Waals surface area contributed by atoms with E-state index in [2.05, 4.69) is 10.3 Å². The smallest absolute Gasteiger partial charge is 0.336 e. The number of carbonyl (C=O) groups excluding carboxylic acids is 1. The van der Waals surface area contributed by atoms with E-state index in [1.165, 1.54) is 24.4 Å². The van der Waals surface area contributed by atoms with Crippen LogP contribution in [0.1, 0.15) is 26.3 Å². The molecule has 0 bridgehead atoms. The quantitative estimate of drug-likeness (QED) is 0.843. The van der Waals surface area contributed by atoms with Gasteiger partial charge in [-0.2, -0.15) is 4.39 Å². The van der Waals surface area contributed by atoms with E-state index in [-0.39, 0.29) is 11.1 Å². The molecule has 0 radical (unpaired) electrons. The number of rotatable bonds is 3. The molecule has 2 N–H and O–H groups in total. The van der Waals surface area contributed by atoms with Crippen molar-refractivity contribution in [3.63, 3.8) is 0 Å². The van der Waals surface area contributed by atoms with Crippen molar-refractivity contribution in [2.75, 3.05) is 5.32 Å². The summed E-state index contributed by atoms with van der Waals surface area (Å²) in [5.41, 5.74) is 1.01. The van der Waals surface area contributed by atoms with Crippen molar-refractivity contribution in [3.8, 4) is 0 Å². The van der Waals surface area contributed by atoms with Crippen molar-refractivity contribution in [2.24, 2.45) is 0 Å². The number of halogens is 1. The maximum absolute atomic E-state index is 12.9. The highest BCUT2D eigenvalue weighted by atomic mass is 19.1. The molecule has 0 atom stereocenters. The first kappa shape index (κ1) is 13.7. The van der Waals surface area contributed by atoms with E-state index >= 15 is 0 Å². The molecule has 0 spiro atoms. The van der Waals surface area contributed by atoms with Crippen LogP contribution >= 0.6 is 0 Å². The first-order valence-corrected chi connectivity index (χ1v) is 5.75. The Morgan fingerprint density at radius 1 is 1.30 bits per heavy atom. The summed E-state index contributed by atoms with van der Waals surface area (Å²) in [6.45, 7) is 1.59. The van der Waals surface area contributed by atoms with Gasteiger partial charge >= 0.3 is 5.97 Å². The average Bonchev–Trinajstić information content (AvgIpc) is 2.40. The summed E-state index contributed by atoms with van der Waals surface area (Å²) in [6, 6.07) is 6.93. The molecule has 0 aliphatic heterocycles. The number of benzene rings is 1. The van der Waals surface area contributed by atoms with Crippen molar-refractivity contribution in [3.05, 3.63) is 59.2 Å². The summed E-state index contributed by atoms with van der Waals surface area (Å²) in [6.07, 6.45) is 1.19. The first-order valence-electron chi connectivity index (χ1n) is 5.75. The molecule has 1 amide bonds. The maximum Gasteiger partial charge on any atom is 0.336 e. The molecule has 2 aromatic rings. The van der Waals surface area contributed by atoms with Gasteiger partial charge < -0.3 is 10.4 Å². The standard InChI is InChI=1S/C14H11FN2O3/c1-8-10(14(19)20)3-2-4-11(8)17-13(18)9-5-6-16-12(15)7-9/h2-7H,1H3,(H,17,18)(H,19,20). The lowest BCUT2D eigenvalue weighted by atomic mass is 10.1. The lowest BCUT2D eigenvalue weighted by Gasteiger charge is -2.10. The SMILES string of the molecule is Cc1c(NC(=O)c2ccnc(F)c2)cccc1C(=O)O. The molecule has 1 heterocycles. The molecule has 0 unspecified atom stereocenters.